The number of nitrogens with zero attached hydrogens (tertiary/aromatic N) is 4. The van der Waals surface area contributed by atoms with Crippen molar-refractivity contribution in [3.05, 3.63) is 10.6 Å². The molecule has 0 atom stereocenters. The Balaban J connectivity index is 3.06. The summed E-state index contributed by atoms with van der Waals surface area (Å²) < 4.78 is 0. The Labute approximate surface area is 99.6 Å². The fourth-order valence-electron chi connectivity index (χ4n) is 0.974. The van der Waals surface area contributed by atoms with Crippen LogP contribution in [-0.2, 0) is 0 Å². The molecule has 0 bridgehead atoms. The van der Waals surface area contributed by atoms with Crippen LogP contribution in [0.3, 0.4) is 0 Å². The van der Waals surface area contributed by atoms with Gasteiger partial charge in [-0.05, 0) is 43.5 Å². The van der Waals surface area contributed by atoms with Crippen molar-refractivity contribution in [2.75, 3.05) is 11.9 Å². The van der Waals surface area contributed by atoms with Crippen molar-refractivity contribution in [3.8, 4) is 0 Å². The van der Waals surface area contributed by atoms with Gasteiger partial charge in [0.05, 0.1) is 0 Å². The quantitative estimate of drug-likeness (QED) is 0.826. The third-order valence-electron chi connectivity index (χ3n) is 2.64. The molecule has 0 radical (unpaired) electrons. The van der Waals surface area contributed by atoms with Gasteiger partial charge in [0.1, 0.15) is 0 Å². The average molecular weight is 249 g/mol. The molecule has 1 aromatic rings. The summed E-state index contributed by atoms with van der Waals surface area (Å²) in [5.41, 5.74) is -0.0476. The van der Waals surface area contributed by atoms with Gasteiger partial charge in [-0.3, -0.25) is 0 Å². The molecular weight excluding hydrogens is 235 g/mol. The van der Waals surface area contributed by atoms with Crippen molar-refractivity contribution in [1.29, 1.82) is 0 Å². The highest BCUT2D eigenvalue weighted by molar-refractivity contribution is 6.31. The van der Waals surface area contributed by atoms with Crippen molar-refractivity contribution >= 4 is 29.2 Å². The fourth-order valence-corrected chi connectivity index (χ4v) is 1.33. The monoisotopic (exact) mass is 248 g/mol. The molecule has 4 nitrogen and oxygen atoms in total. The summed E-state index contributed by atoms with van der Waals surface area (Å²) in [5.74, 6) is 0.492. The van der Waals surface area contributed by atoms with Crippen molar-refractivity contribution in [2.24, 2.45) is 0 Å². The molecule has 0 amide bonds. The van der Waals surface area contributed by atoms with Crippen molar-refractivity contribution in [1.82, 2.24) is 15.0 Å². The summed E-state index contributed by atoms with van der Waals surface area (Å²) in [6.45, 7) is 6.29. The maximum absolute atomic E-state index is 5.71. The van der Waals surface area contributed by atoms with Crippen LogP contribution < -0.4 is 4.90 Å². The lowest BCUT2D eigenvalue weighted by molar-refractivity contribution is 0.463. The first-order valence-electron chi connectivity index (χ1n) is 4.67. The van der Waals surface area contributed by atoms with Crippen molar-refractivity contribution in [2.45, 2.75) is 32.7 Å². The number of rotatable bonds is 3. The Kier molecular flexibility index (Phi) is 3.73. The molecule has 1 aromatic heterocycles. The van der Waals surface area contributed by atoms with Crippen LogP contribution in [0.1, 0.15) is 27.2 Å². The number of halogens is 2. The van der Waals surface area contributed by atoms with Gasteiger partial charge in [-0.25, -0.2) is 0 Å². The van der Waals surface area contributed by atoms with Gasteiger partial charge in [0, 0.05) is 12.6 Å². The summed E-state index contributed by atoms with van der Waals surface area (Å²) in [4.78, 5) is 13.7. The van der Waals surface area contributed by atoms with E-state index < -0.39 is 0 Å². The first kappa shape index (κ1) is 12.5. The Hall–Kier alpha value is -0.610. The second kappa shape index (κ2) is 4.49. The van der Waals surface area contributed by atoms with E-state index >= 15 is 0 Å². The maximum atomic E-state index is 5.71. The minimum atomic E-state index is -0.0476. The molecule has 0 aliphatic heterocycles. The first-order chi connectivity index (χ1) is 6.86. The lowest BCUT2D eigenvalue weighted by Crippen LogP contribution is -2.41. The Morgan fingerprint density at radius 1 is 1.13 bits per heavy atom. The SMILES string of the molecule is CCC(C)(C)N(C)c1nc(Cl)nc(Cl)n1. The van der Waals surface area contributed by atoms with Gasteiger partial charge < -0.3 is 4.90 Å². The van der Waals surface area contributed by atoms with E-state index in [1.54, 1.807) is 0 Å². The van der Waals surface area contributed by atoms with E-state index in [-0.39, 0.29) is 16.1 Å². The zero-order chi connectivity index (χ0) is 11.6. The third-order valence-corrected chi connectivity index (χ3v) is 2.98. The van der Waals surface area contributed by atoms with Crippen molar-refractivity contribution in [3.63, 3.8) is 0 Å². The minimum absolute atomic E-state index is 0.0476. The van der Waals surface area contributed by atoms with Crippen LogP contribution in [0.4, 0.5) is 5.95 Å². The van der Waals surface area contributed by atoms with Gasteiger partial charge in [0.2, 0.25) is 16.5 Å². The van der Waals surface area contributed by atoms with E-state index in [0.717, 1.165) is 6.42 Å². The molecule has 1 rings (SSSR count). The van der Waals surface area contributed by atoms with E-state index in [1.807, 2.05) is 11.9 Å². The lowest BCUT2D eigenvalue weighted by Gasteiger charge is -2.34. The molecule has 1 heterocycles. The molecule has 0 unspecified atom stereocenters. The maximum Gasteiger partial charge on any atom is 0.231 e. The van der Waals surface area contributed by atoms with Crippen LogP contribution in [0.2, 0.25) is 10.6 Å². The highest BCUT2D eigenvalue weighted by Gasteiger charge is 2.24. The molecule has 0 aromatic carbocycles. The molecule has 0 N–H and O–H groups in total. The van der Waals surface area contributed by atoms with E-state index in [9.17, 15) is 0 Å². The summed E-state index contributed by atoms with van der Waals surface area (Å²) in [7, 11) is 1.91. The van der Waals surface area contributed by atoms with E-state index in [1.165, 1.54) is 0 Å². The second-order valence-corrected chi connectivity index (χ2v) is 4.57. The summed E-state index contributed by atoms with van der Waals surface area (Å²) >= 11 is 11.4. The largest absolute Gasteiger partial charge is 0.339 e. The molecule has 6 heteroatoms. The van der Waals surface area contributed by atoms with Crippen LogP contribution in [0.25, 0.3) is 0 Å². The summed E-state index contributed by atoms with van der Waals surface area (Å²) in [6.07, 6.45) is 0.963. The second-order valence-electron chi connectivity index (χ2n) is 3.90. The Bertz CT molecular complexity index is 334. The minimum Gasteiger partial charge on any atom is -0.339 e. The summed E-state index contributed by atoms with van der Waals surface area (Å²) in [6, 6.07) is 0. The van der Waals surface area contributed by atoms with Gasteiger partial charge in [-0.15, -0.1) is 0 Å². The molecule has 0 aliphatic rings. The van der Waals surface area contributed by atoms with Crippen molar-refractivity contribution < 1.29 is 0 Å². The van der Waals surface area contributed by atoms with E-state index in [2.05, 4.69) is 35.7 Å². The predicted octanol–water partition coefficient (Wildman–Crippen LogP) is 2.80. The highest BCUT2D eigenvalue weighted by atomic mass is 35.5. The zero-order valence-electron chi connectivity index (χ0n) is 9.25. The topological polar surface area (TPSA) is 41.9 Å². The number of aromatic nitrogens is 3. The normalized spacial score (nSPS) is 11.6. The molecule has 15 heavy (non-hydrogen) atoms. The number of anilines is 1. The first-order valence-corrected chi connectivity index (χ1v) is 5.43. The highest BCUT2D eigenvalue weighted by Crippen LogP contribution is 2.22. The third kappa shape index (κ3) is 2.92. The standard InChI is InChI=1S/C9H14Cl2N4/c1-5-9(2,3)15(4)8-13-6(10)12-7(11)14-8/h5H2,1-4H3. The zero-order valence-corrected chi connectivity index (χ0v) is 10.8. The molecule has 0 saturated heterocycles. The van der Waals surface area contributed by atoms with Gasteiger partial charge in [-0.2, -0.15) is 15.0 Å². The molecule has 0 spiro atoms. The van der Waals surface area contributed by atoms with Crippen LogP contribution >= 0.6 is 23.2 Å². The van der Waals surface area contributed by atoms with Gasteiger partial charge in [0.15, 0.2) is 0 Å². The van der Waals surface area contributed by atoms with Gasteiger partial charge in [0.25, 0.3) is 0 Å². The number of hydrogen-bond acceptors (Lipinski definition) is 4. The smallest absolute Gasteiger partial charge is 0.231 e. The van der Waals surface area contributed by atoms with Crippen LogP contribution in [0, 0.1) is 0 Å². The summed E-state index contributed by atoms with van der Waals surface area (Å²) in [5, 5.41) is 0.229. The van der Waals surface area contributed by atoms with Gasteiger partial charge in [-0.1, -0.05) is 6.92 Å². The van der Waals surface area contributed by atoms with Crippen LogP contribution in [-0.4, -0.2) is 27.5 Å². The Morgan fingerprint density at radius 2 is 1.60 bits per heavy atom. The van der Waals surface area contributed by atoms with Gasteiger partial charge >= 0.3 is 0 Å². The molecule has 0 fully saturated rings. The number of hydrogen-bond donors (Lipinski definition) is 0. The lowest BCUT2D eigenvalue weighted by atomic mass is 10.0. The van der Waals surface area contributed by atoms with Crippen LogP contribution in [0.5, 0.6) is 0 Å². The molecule has 84 valence electrons. The molecule has 0 saturated carbocycles. The average Bonchev–Trinajstić information content (AvgIpc) is 2.15. The molecule has 0 aliphatic carbocycles. The molecular formula is C9H14Cl2N4. The fraction of sp³-hybridized carbons (Fsp3) is 0.667. The van der Waals surface area contributed by atoms with Crippen LogP contribution in [0.15, 0.2) is 0 Å². The van der Waals surface area contributed by atoms with E-state index in [0.29, 0.717) is 5.95 Å². The predicted molar refractivity (Wildman–Crippen MR) is 62.6 cm³/mol. The Morgan fingerprint density at radius 3 is 2.00 bits per heavy atom. The van der Waals surface area contributed by atoms with E-state index in [4.69, 9.17) is 23.2 Å².